The first-order valence-electron chi connectivity index (χ1n) is 7.23. The zero-order chi connectivity index (χ0) is 14.8. The number of carbonyl (C=O) groups is 1. The molecule has 1 aliphatic rings. The zero-order valence-electron chi connectivity index (χ0n) is 12.4. The van der Waals surface area contributed by atoms with E-state index < -0.39 is 0 Å². The minimum atomic E-state index is -0.0206. The molecule has 2 N–H and O–H groups in total. The maximum atomic E-state index is 12.3. The van der Waals surface area contributed by atoms with Crippen LogP contribution >= 0.6 is 0 Å². The number of amides is 1. The van der Waals surface area contributed by atoms with E-state index in [1.54, 1.807) is 25.2 Å². The molecule has 1 aromatic carbocycles. The fourth-order valence-electron chi connectivity index (χ4n) is 2.71. The van der Waals surface area contributed by atoms with E-state index in [-0.39, 0.29) is 5.91 Å². The monoisotopic (exact) mass is 284 g/mol. The Morgan fingerprint density at radius 2 is 2.24 bits per heavy atom. The van der Waals surface area contributed by atoms with Gasteiger partial charge >= 0.3 is 0 Å². The van der Waals surface area contributed by atoms with E-state index in [1.807, 2.05) is 24.3 Å². The molecule has 1 aromatic heterocycles. The lowest BCUT2D eigenvalue weighted by Crippen LogP contribution is -2.23. The standard InChI is InChI=1S/C16H20N4O/c1-20(2)16(21)13-5-6-14(19-11-7-9-17-10-11)12-4-3-8-18-15(12)13/h3-6,8,11,17,19H,7,9-10H2,1-2H3. The van der Waals surface area contributed by atoms with Crippen LogP contribution < -0.4 is 10.6 Å². The van der Waals surface area contributed by atoms with E-state index in [2.05, 4.69) is 15.6 Å². The number of pyridine rings is 1. The molecule has 2 heterocycles. The molecule has 0 saturated carbocycles. The number of aromatic nitrogens is 1. The Morgan fingerprint density at radius 3 is 2.95 bits per heavy atom. The second-order valence-corrected chi connectivity index (χ2v) is 5.59. The molecule has 0 bridgehead atoms. The van der Waals surface area contributed by atoms with Gasteiger partial charge in [0.15, 0.2) is 0 Å². The van der Waals surface area contributed by atoms with Crippen LogP contribution in [0, 0.1) is 0 Å². The van der Waals surface area contributed by atoms with Gasteiger partial charge in [0, 0.05) is 44.0 Å². The highest BCUT2D eigenvalue weighted by Crippen LogP contribution is 2.26. The second-order valence-electron chi connectivity index (χ2n) is 5.59. The smallest absolute Gasteiger partial charge is 0.255 e. The fraction of sp³-hybridized carbons (Fsp3) is 0.375. The Bertz CT molecular complexity index is 662. The Morgan fingerprint density at radius 1 is 1.38 bits per heavy atom. The van der Waals surface area contributed by atoms with Crippen molar-refractivity contribution in [3.63, 3.8) is 0 Å². The SMILES string of the molecule is CN(C)C(=O)c1ccc(NC2CCNC2)c2cccnc12. The summed E-state index contributed by atoms with van der Waals surface area (Å²) in [5.74, 6) is -0.0206. The van der Waals surface area contributed by atoms with Crippen molar-refractivity contribution in [2.75, 3.05) is 32.5 Å². The molecule has 5 heteroatoms. The molecule has 1 unspecified atom stereocenters. The Kier molecular flexibility index (Phi) is 3.75. The van der Waals surface area contributed by atoms with Crippen molar-refractivity contribution in [2.45, 2.75) is 12.5 Å². The van der Waals surface area contributed by atoms with Crippen molar-refractivity contribution in [1.82, 2.24) is 15.2 Å². The van der Waals surface area contributed by atoms with Gasteiger partial charge in [-0.05, 0) is 37.2 Å². The van der Waals surface area contributed by atoms with Crippen molar-refractivity contribution in [3.05, 3.63) is 36.0 Å². The topological polar surface area (TPSA) is 57.3 Å². The van der Waals surface area contributed by atoms with Crippen molar-refractivity contribution in [3.8, 4) is 0 Å². The van der Waals surface area contributed by atoms with Crippen LogP contribution in [-0.2, 0) is 0 Å². The van der Waals surface area contributed by atoms with Gasteiger partial charge in [-0.25, -0.2) is 0 Å². The second kappa shape index (κ2) is 5.69. The maximum Gasteiger partial charge on any atom is 0.255 e. The number of hydrogen-bond acceptors (Lipinski definition) is 4. The lowest BCUT2D eigenvalue weighted by molar-refractivity contribution is 0.0829. The van der Waals surface area contributed by atoms with E-state index in [1.165, 1.54) is 0 Å². The van der Waals surface area contributed by atoms with Gasteiger partial charge in [0.05, 0.1) is 11.1 Å². The van der Waals surface area contributed by atoms with Gasteiger partial charge in [-0.15, -0.1) is 0 Å². The van der Waals surface area contributed by atoms with Gasteiger partial charge in [0.1, 0.15) is 0 Å². The Balaban J connectivity index is 2.03. The average molecular weight is 284 g/mol. The summed E-state index contributed by atoms with van der Waals surface area (Å²) in [6.07, 6.45) is 2.84. The summed E-state index contributed by atoms with van der Waals surface area (Å²) in [6, 6.07) is 8.20. The number of nitrogens with one attached hydrogen (secondary N) is 2. The fourth-order valence-corrected chi connectivity index (χ4v) is 2.71. The number of fused-ring (bicyclic) bond motifs is 1. The molecule has 1 atom stereocenters. The van der Waals surface area contributed by atoms with Crippen LogP contribution in [0.25, 0.3) is 10.9 Å². The maximum absolute atomic E-state index is 12.3. The summed E-state index contributed by atoms with van der Waals surface area (Å²) in [6.45, 7) is 2.02. The normalized spacial score (nSPS) is 17.9. The Labute approximate surface area is 124 Å². The van der Waals surface area contributed by atoms with Crippen molar-refractivity contribution in [2.24, 2.45) is 0 Å². The largest absolute Gasteiger partial charge is 0.380 e. The number of anilines is 1. The van der Waals surface area contributed by atoms with Crippen LogP contribution in [0.5, 0.6) is 0 Å². The molecule has 5 nitrogen and oxygen atoms in total. The van der Waals surface area contributed by atoms with E-state index in [0.29, 0.717) is 11.6 Å². The number of carbonyl (C=O) groups excluding carboxylic acids is 1. The van der Waals surface area contributed by atoms with Gasteiger partial charge in [-0.2, -0.15) is 0 Å². The molecule has 110 valence electrons. The summed E-state index contributed by atoms with van der Waals surface area (Å²) < 4.78 is 0. The van der Waals surface area contributed by atoms with Crippen molar-refractivity contribution < 1.29 is 4.79 Å². The van der Waals surface area contributed by atoms with Crippen LogP contribution in [0.3, 0.4) is 0 Å². The third kappa shape index (κ3) is 2.69. The Hall–Kier alpha value is -2.14. The van der Waals surface area contributed by atoms with Gasteiger partial charge < -0.3 is 15.5 Å². The number of rotatable bonds is 3. The van der Waals surface area contributed by atoms with Crippen LogP contribution in [-0.4, -0.2) is 49.0 Å². The van der Waals surface area contributed by atoms with E-state index >= 15 is 0 Å². The molecular weight excluding hydrogens is 264 g/mol. The molecule has 3 rings (SSSR count). The lowest BCUT2D eigenvalue weighted by atomic mass is 10.1. The van der Waals surface area contributed by atoms with Crippen LogP contribution in [0.15, 0.2) is 30.5 Å². The summed E-state index contributed by atoms with van der Waals surface area (Å²) in [7, 11) is 3.51. The number of nitrogens with zero attached hydrogens (tertiary/aromatic N) is 2. The highest BCUT2D eigenvalue weighted by atomic mass is 16.2. The van der Waals surface area contributed by atoms with Gasteiger partial charge in [0.2, 0.25) is 0 Å². The molecule has 2 aromatic rings. The zero-order valence-corrected chi connectivity index (χ0v) is 12.4. The minimum absolute atomic E-state index is 0.0206. The van der Waals surface area contributed by atoms with Gasteiger partial charge in [-0.1, -0.05) is 0 Å². The lowest BCUT2D eigenvalue weighted by Gasteiger charge is -2.17. The summed E-state index contributed by atoms with van der Waals surface area (Å²) in [5, 5.41) is 7.90. The van der Waals surface area contributed by atoms with Crippen LogP contribution in [0.2, 0.25) is 0 Å². The van der Waals surface area contributed by atoms with E-state index in [0.717, 1.165) is 36.1 Å². The molecule has 0 radical (unpaired) electrons. The number of benzene rings is 1. The molecule has 21 heavy (non-hydrogen) atoms. The summed E-state index contributed by atoms with van der Waals surface area (Å²) in [4.78, 5) is 18.3. The molecular formula is C16H20N4O. The minimum Gasteiger partial charge on any atom is -0.380 e. The highest BCUT2D eigenvalue weighted by molar-refractivity contribution is 6.08. The molecule has 1 saturated heterocycles. The van der Waals surface area contributed by atoms with Gasteiger partial charge in [-0.3, -0.25) is 9.78 Å². The summed E-state index contributed by atoms with van der Waals surface area (Å²) in [5.41, 5.74) is 2.44. The average Bonchev–Trinajstić information content (AvgIpc) is 3.00. The first kappa shape index (κ1) is 13.8. The van der Waals surface area contributed by atoms with Crippen molar-refractivity contribution >= 4 is 22.5 Å². The summed E-state index contributed by atoms with van der Waals surface area (Å²) >= 11 is 0. The van der Waals surface area contributed by atoms with Crippen LogP contribution in [0.4, 0.5) is 5.69 Å². The number of hydrogen-bond donors (Lipinski definition) is 2. The van der Waals surface area contributed by atoms with Crippen LogP contribution in [0.1, 0.15) is 16.8 Å². The first-order chi connectivity index (χ1) is 10.2. The third-order valence-electron chi connectivity index (χ3n) is 3.83. The third-order valence-corrected chi connectivity index (χ3v) is 3.83. The molecule has 1 fully saturated rings. The van der Waals surface area contributed by atoms with Crippen molar-refractivity contribution in [1.29, 1.82) is 0 Å². The molecule has 1 amide bonds. The van der Waals surface area contributed by atoms with E-state index in [4.69, 9.17) is 0 Å². The first-order valence-corrected chi connectivity index (χ1v) is 7.23. The predicted octanol–water partition coefficient (Wildman–Crippen LogP) is 1.71. The molecule has 1 aliphatic heterocycles. The molecule has 0 spiro atoms. The predicted molar refractivity (Wildman–Crippen MR) is 84.7 cm³/mol. The molecule has 0 aliphatic carbocycles. The van der Waals surface area contributed by atoms with Gasteiger partial charge in [0.25, 0.3) is 5.91 Å². The highest BCUT2D eigenvalue weighted by Gasteiger charge is 2.18. The van der Waals surface area contributed by atoms with E-state index in [9.17, 15) is 4.79 Å². The quantitative estimate of drug-likeness (QED) is 0.901.